The molecule has 12 atom stereocenters. The van der Waals surface area contributed by atoms with Gasteiger partial charge in [0.05, 0.1) is 24.9 Å². The predicted octanol–water partition coefficient (Wildman–Crippen LogP) is 5.05. The molecule has 3 N–H and O–H groups in total. The first-order valence-electron chi connectivity index (χ1n) is 15.9. The third-order valence-electron chi connectivity index (χ3n) is 13.7. The first kappa shape index (κ1) is 31.0. The standard InChI is InChI=1S/C34H54O7/c1-18(2)22-14-24(38)28-33(9)11-10-21-27(32(33,8)12-13-34(22,28)17-40-19(3)35)23(37)15-26-30(5,6)29(39)25(41-20(4)36)16-31(21,26)7/h10,18,22-29,37-39H,11-17H2,1-9H3/t22-,23-,24+,25+,26+,27-,28+,29-,31+,32-,33+,34+/m0/s1. The van der Waals surface area contributed by atoms with Gasteiger partial charge in [0, 0.05) is 31.1 Å². The van der Waals surface area contributed by atoms with Crippen molar-refractivity contribution in [1.82, 2.24) is 0 Å². The summed E-state index contributed by atoms with van der Waals surface area (Å²) >= 11 is 0. The molecular formula is C34H54O7. The molecule has 0 saturated heterocycles. The van der Waals surface area contributed by atoms with E-state index < -0.39 is 29.8 Å². The van der Waals surface area contributed by atoms with Crippen molar-refractivity contribution in [3.63, 3.8) is 0 Å². The van der Waals surface area contributed by atoms with E-state index in [1.54, 1.807) is 0 Å². The van der Waals surface area contributed by atoms with Crippen molar-refractivity contribution in [2.24, 2.45) is 56.7 Å². The Morgan fingerprint density at radius 2 is 1.61 bits per heavy atom. The SMILES string of the molecule is CC(=O)OC[C@@]12CC[C@@]3(C)[C@H]4C(=CC[C@]3(C)[C@H]1[C@H](O)C[C@H]2C(C)C)[C@@]1(C)C[C@@H](OC(C)=O)[C@H](O)C(C)(C)[C@H]1C[C@@H]4O. The van der Waals surface area contributed by atoms with Gasteiger partial charge in [0.25, 0.3) is 0 Å². The summed E-state index contributed by atoms with van der Waals surface area (Å²) < 4.78 is 11.5. The molecule has 0 amide bonds. The molecule has 41 heavy (non-hydrogen) atoms. The number of aliphatic hydroxyl groups is 3. The lowest BCUT2D eigenvalue weighted by Gasteiger charge is -2.70. The summed E-state index contributed by atoms with van der Waals surface area (Å²) in [4.78, 5) is 24.1. The van der Waals surface area contributed by atoms with Crippen molar-refractivity contribution in [3.05, 3.63) is 11.6 Å². The smallest absolute Gasteiger partial charge is 0.302 e. The summed E-state index contributed by atoms with van der Waals surface area (Å²) in [6.45, 7) is 18.6. The minimum atomic E-state index is -0.809. The van der Waals surface area contributed by atoms with Gasteiger partial charge in [0.2, 0.25) is 0 Å². The van der Waals surface area contributed by atoms with Gasteiger partial charge in [0.15, 0.2) is 0 Å². The molecular weight excluding hydrogens is 520 g/mol. The van der Waals surface area contributed by atoms with E-state index in [9.17, 15) is 24.9 Å². The molecule has 0 bridgehead atoms. The zero-order valence-corrected chi connectivity index (χ0v) is 26.7. The number of hydrogen-bond donors (Lipinski definition) is 3. The molecule has 5 aliphatic carbocycles. The average Bonchev–Trinajstić information content (AvgIpc) is 3.17. The summed E-state index contributed by atoms with van der Waals surface area (Å²) in [6.07, 6.45) is 4.13. The van der Waals surface area contributed by atoms with Crippen LogP contribution in [0.2, 0.25) is 0 Å². The molecule has 0 aromatic heterocycles. The molecule has 0 aromatic rings. The second-order valence-electron chi connectivity index (χ2n) is 16.2. The fourth-order valence-corrected chi connectivity index (χ4v) is 11.9. The second kappa shape index (κ2) is 9.79. The van der Waals surface area contributed by atoms with Crippen LogP contribution in [0.3, 0.4) is 0 Å². The number of carbonyl (C=O) groups excluding carboxylic acids is 2. The lowest BCUT2D eigenvalue weighted by atomic mass is 9.35. The number of rotatable bonds is 4. The molecule has 5 rings (SSSR count). The molecule has 232 valence electrons. The highest BCUT2D eigenvalue weighted by atomic mass is 16.6. The van der Waals surface area contributed by atoms with Gasteiger partial charge >= 0.3 is 11.9 Å². The van der Waals surface area contributed by atoms with Crippen LogP contribution in [0.1, 0.15) is 101 Å². The van der Waals surface area contributed by atoms with Crippen molar-refractivity contribution >= 4 is 11.9 Å². The van der Waals surface area contributed by atoms with E-state index in [0.29, 0.717) is 31.8 Å². The van der Waals surface area contributed by atoms with Crippen LogP contribution in [0.25, 0.3) is 0 Å². The highest BCUT2D eigenvalue weighted by molar-refractivity contribution is 5.66. The maximum absolute atomic E-state index is 12.1. The Morgan fingerprint density at radius 3 is 2.20 bits per heavy atom. The number of allylic oxidation sites excluding steroid dienone is 1. The summed E-state index contributed by atoms with van der Waals surface area (Å²) in [5.74, 6) is -0.215. The van der Waals surface area contributed by atoms with Crippen LogP contribution in [0.15, 0.2) is 11.6 Å². The average molecular weight is 575 g/mol. The second-order valence-corrected chi connectivity index (χ2v) is 16.2. The van der Waals surface area contributed by atoms with Crippen LogP contribution in [-0.2, 0) is 19.1 Å². The lowest BCUT2D eigenvalue weighted by molar-refractivity contribution is -0.227. The Balaban J connectivity index is 1.62. The first-order chi connectivity index (χ1) is 18.9. The van der Waals surface area contributed by atoms with E-state index in [0.717, 1.165) is 19.3 Å². The van der Waals surface area contributed by atoms with Crippen LogP contribution in [-0.4, -0.2) is 58.3 Å². The minimum absolute atomic E-state index is 0.0244. The summed E-state index contributed by atoms with van der Waals surface area (Å²) in [7, 11) is 0. The predicted molar refractivity (Wildman–Crippen MR) is 155 cm³/mol. The Hall–Kier alpha value is -1.44. The third kappa shape index (κ3) is 4.14. The fourth-order valence-electron chi connectivity index (χ4n) is 11.9. The van der Waals surface area contributed by atoms with E-state index in [1.807, 2.05) is 13.8 Å². The zero-order chi connectivity index (χ0) is 30.5. The highest BCUT2D eigenvalue weighted by Crippen LogP contribution is 2.76. The van der Waals surface area contributed by atoms with E-state index in [1.165, 1.54) is 19.4 Å². The maximum Gasteiger partial charge on any atom is 0.302 e. The van der Waals surface area contributed by atoms with Crippen molar-refractivity contribution in [2.45, 2.75) is 125 Å². The normalized spacial score (nSPS) is 50.1. The van der Waals surface area contributed by atoms with Gasteiger partial charge in [-0.25, -0.2) is 0 Å². The van der Waals surface area contributed by atoms with E-state index in [2.05, 4.69) is 40.7 Å². The van der Waals surface area contributed by atoms with Gasteiger partial charge in [-0.15, -0.1) is 0 Å². The first-order valence-corrected chi connectivity index (χ1v) is 15.9. The largest absolute Gasteiger partial charge is 0.465 e. The van der Waals surface area contributed by atoms with E-state index in [4.69, 9.17) is 9.47 Å². The van der Waals surface area contributed by atoms with Crippen LogP contribution in [0.5, 0.6) is 0 Å². The number of esters is 2. The monoisotopic (exact) mass is 574 g/mol. The molecule has 5 aliphatic rings. The number of hydrogen-bond acceptors (Lipinski definition) is 7. The Morgan fingerprint density at radius 1 is 0.951 bits per heavy atom. The number of carbonyl (C=O) groups is 2. The third-order valence-corrected chi connectivity index (χ3v) is 13.7. The molecule has 7 heteroatoms. The van der Waals surface area contributed by atoms with Crippen molar-refractivity contribution < 1.29 is 34.4 Å². The topological polar surface area (TPSA) is 113 Å². The number of ether oxygens (including phenoxy) is 2. The molecule has 4 fully saturated rings. The molecule has 0 heterocycles. The quantitative estimate of drug-likeness (QED) is 0.318. The molecule has 0 spiro atoms. The Labute approximate surface area is 246 Å². The Bertz CT molecular complexity index is 1110. The molecule has 0 radical (unpaired) electrons. The van der Waals surface area contributed by atoms with Gasteiger partial charge in [-0.3, -0.25) is 9.59 Å². The maximum atomic E-state index is 12.1. The molecule has 0 aliphatic heterocycles. The number of aliphatic hydroxyl groups excluding tert-OH is 3. The fraction of sp³-hybridized carbons (Fsp3) is 0.882. The van der Waals surface area contributed by atoms with E-state index >= 15 is 0 Å². The van der Waals surface area contributed by atoms with Crippen LogP contribution in [0, 0.1) is 56.7 Å². The lowest BCUT2D eigenvalue weighted by Crippen LogP contribution is -2.68. The zero-order valence-electron chi connectivity index (χ0n) is 26.7. The van der Waals surface area contributed by atoms with Crippen molar-refractivity contribution in [1.29, 1.82) is 0 Å². The van der Waals surface area contributed by atoms with Crippen LogP contribution < -0.4 is 0 Å². The van der Waals surface area contributed by atoms with Crippen LogP contribution in [0.4, 0.5) is 0 Å². The summed E-state index contributed by atoms with van der Waals surface area (Å²) in [5.41, 5.74) is -0.580. The van der Waals surface area contributed by atoms with Gasteiger partial charge in [-0.2, -0.15) is 0 Å². The summed E-state index contributed by atoms with van der Waals surface area (Å²) in [5, 5.41) is 35.2. The Kier molecular flexibility index (Phi) is 7.40. The van der Waals surface area contributed by atoms with Gasteiger partial charge in [-0.05, 0) is 77.9 Å². The van der Waals surface area contributed by atoms with Crippen LogP contribution >= 0.6 is 0 Å². The molecule has 0 aromatic carbocycles. The van der Waals surface area contributed by atoms with Gasteiger partial charge < -0.3 is 24.8 Å². The minimum Gasteiger partial charge on any atom is -0.465 e. The van der Waals surface area contributed by atoms with Crippen molar-refractivity contribution in [3.8, 4) is 0 Å². The molecule has 0 unspecified atom stereocenters. The number of fused-ring (bicyclic) bond motifs is 7. The van der Waals surface area contributed by atoms with Gasteiger partial charge in [0.1, 0.15) is 6.10 Å². The summed E-state index contributed by atoms with van der Waals surface area (Å²) in [6, 6.07) is 0. The van der Waals surface area contributed by atoms with Crippen molar-refractivity contribution in [2.75, 3.05) is 6.61 Å². The van der Waals surface area contributed by atoms with E-state index in [-0.39, 0.29) is 57.3 Å². The van der Waals surface area contributed by atoms with Gasteiger partial charge in [-0.1, -0.05) is 60.1 Å². The molecule has 4 saturated carbocycles. The highest BCUT2D eigenvalue weighted by Gasteiger charge is 2.73. The molecule has 7 nitrogen and oxygen atoms in total.